The first-order chi connectivity index (χ1) is 14.5. The normalized spacial score (nSPS) is 24.8. The number of nitrogens with zero attached hydrogens (tertiary/aromatic N) is 1. The molecule has 0 saturated heterocycles. The Hall–Kier alpha value is -2.55. The van der Waals surface area contributed by atoms with E-state index >= 15 is 0 Å². The minimum atomic E-state index is -0.557. The van der Waals surface area contributed by atoms with Crippen molar-refractivity contribution in [3.05, 3.63) is 23.0 Å². The molecule has 4 N–H and O–H groups in total. The largest absolute Gasteiger partial charge is 0.444 e. The lowest BCUT2D eigenvalue weighted by molar-refractivity contribution is -0.139. The van der Waals surface area contributed by atoms with Crippen LogP contribution in [0.4, 0.5) is 10.5 Å². The van der Waals surface area contributed by atoms with Gasteiger partial charge in [-0.1, -0.05) is 11.6 Å². The molecule has 0 radical (unpaired) electrons. The van der Waals surface area contributed by atoms with Gasteiger partial charge < -0.3 is 15.4 Å². The van der Waals surface area contributed by atoms with Gasteiger partial charge >= 0.3 is 6.09 Å². The maximum Gasteiger partial charge on any atom is 0.408 e. The molecule has 3 amide bonds. The van der Waals surface area contributed by atoms with Crippen molar-refractivity contribution in [2.45, 2.75) is 70.4 Å². The number of anilines is 1. The highest BCUT2D eigenvalue weighted by atomic mass is 35.5. The van der Waals surface area contributed by atoms with Gasteiger partial charge in [-0.25, -0.2) is 9.78 Å². The van der Waals surface area contributed by atoms with Gasteiger partial charge in [-0.2, -0.15) is 0 Å². The molecule has 0 aromatic carbocycles. The van der Waals surface area contributed by atoms with E-state index in [4.69, 9.17) is 16.3 Å². The highest BCUT2D eigenvalue weighted by Crippen LogP contribution is 2.52. The fourth-order valence-corrected chi connectivity index (χ4v) is 4.52. The molecule has 0 atom stereocenters. The first kappa shape index (κ1) is 23.1. The van der Waals surface area contributed by atoms with Crippen LogP contribution in [0, 0.1) is 5.41 Å². The highest BCUT2D eigenvalue weighted by Gasteiger charge is 2.53. The molecule has 9 nitrogen and oxygen atoms in total. The Bertz CT molecular complexity index is 858. The zero-order valence-corrected chi connectivity index (χ0v) is 19.1. The Kier molecular flexibility index (Phi) is 6.36. The molecule has 0 spiro atoms. The summed E-state index contributed by atoms with van der Waals surface area (Å²) in [5.74, 6) is -0.690. The van der Waals surface area contributed by atoms with Gasteiger partial charge in [0.2, 0.25) is 5.91 Å². The van der Waals surface area contributed by atoms with Gasteiger partial charge in [0.25, 0.3) is 5.91 Å². The lowest BCUT2D eigenvalue weighted by atomic mass is 9.57. The van der Waals surface area contributed by atoms with Crippen LogP contribution in [0.15, 0.2) is 12.3 Å². The first-order valence-electron chi connectivity index (χ1n) is 10.4. The molecule has 3 aliphatic rings. The molecule has 1 heterocycles. The van der Waals surface area contributed by atoms with Gasteiger partial charge in [-0.3, -0.25) is 20.4 Å². The van der Waals surface area contributed by atoms with Crippen LogP contribution in [0.1, 0.15) is 69.7 Å². The van der Waals surface area contributed by atoms with Crippen LogP contribution >= 0.6 is 11.6 Å². The van der Waals surface area contributed by atoms with Gasteiger partial charge in [-0.05, 0) is 65.4 Å². The van der Waals surface area contributed by atoms with Gasteiger partial charge in [0.15, 0.2) is 0 Å². The lowest BCUT2D eigenvalue weighted by Gasteiger charge is -2.52. The number of carbonyl (C=O) groups is 3. The number of hydrazine groups is 1. The molecule has 3 aliphatic carbocycles. The van der Waals surface area contributed by atoms with Crippen molar-refractivity contribution in [1.29, 1.82) is 0 Å². The Balaban J connectivity index is 1.56. The van der Waals surface area contributed by atoms with Crippen molar-refractivity contribution < 1.29 is 19.1 Å². The van der Waals surface area contributed by atoms with Crippen molar-refractivity contribution in [2.75, 3.05) is 12.4 Å². The number of pyridine rings is 1. The number of carbonyl (C=O) groups excluding carboxylic acids is 3. The molecular weight excluding hydrogens is 422 g/mol. The molecule has 31 heavy (non-hydrogen) atoms. The predicted octanol–water partition coefficient (Wildman–Crippen LogP) is 3.16. The number of amides is 3. The van der Waals surface area contributed by atoms with Crippen molar-refractivity contribution in [1.82, 2.24) is 21.2 Å². The topological polar surface area (TPSA) is 121 Å². The lowest BCUT2D eigenvalue weighted by Crippen LogP contribution is -2.61. The maximum absolute atomic E-state index is 12.9. The van der Waals surface area contributed by atoms with Gasteiger partial charge in [0, 0.05) is 18.8 Å². The van der Waals surface area contributed by atoms with E-state index in [1.54, 1.807) is 7.05 Å². The van der Waals surface area contributed by atoms with Crippen LogP contribution in [0.2, 0.25) is 5.15 Å². The summed E-state index contributed by atoms with van der Waals surface area (Å²) in [4.78, 5) is 41.6. The Labute approximate surface area is 187 Å². The Morgan fingerprint density at radius 2 is 1.68 bits per heavy atom. The summed E-state index contributed by atoms with van der Waals surface area (Å²) in [5, 5.41) is 6.18. The first-order valence-corrected chi connectivity index (χ1v) is 10.8. The smallest absolute Gasteiger partial charge is 0.408 e. The third-order valence-electron chi connectivity index (χ3n) is 6.17. The number of rotatable bonds is 4. The molecule has 170 valence electrons. The third kappa shape index (κ3) is 5.20. The molecule has 4 rings (SSSR count). The zero-order chi connectivity index (χ0) is 22.9. The number of hydrogen-bond acceptors (Lipinski definition) is 6. The quantitative estimate of drug-likeness (QED) is 0.412. The van der Waals surface area contributed by atoms with E-state index in [0.29, 0.717) is 44.2 Å². The van der Waals surface area contributed by atoms with E-state index in [2.05, 4.69) is 26.5 Å². The van der Waals surface area contributed by atoms with Crippen LogP contribution in [-0.4, -0.2) is 41.1 Å². The van der Waals surface area contributed by atoms with E-state index in [1.807, 2.05) is 20.8 Å². The fraction of sp³-hybridized carbons (Fsp3) is 0.619. The van der Waals surface area contributed by atoms with Crippen molar-refractivity contribution >= 4 is 35.2 Å². The van der Waals surface area contributed by atoms with Gasteiger partial charge in [0.1, 0.15) is 10.8 Å². The van der Waals surface area contributed by atoms with E-state index in [9.17, 15) is 14.4 Å². The molecule has 0 aliphatic heterocycles. The number of alkyl carbamates (subject to hydrolysis) is 1. The fourth-order valence-electron chi connectivity index (χ4n) is 4.36. The van der Waals surface area contributed by atoms with Crippen LogP contribution in [0.5, 0.6) is 0 Å². The molecule has 1 aromatic heterocycles. The summed E-state index contributed by atoms with van der Waals surface area (Å²) in [5.41, 5.74) is 4.42. The zero-order valence-electron chi connectivity index (χ0n) is 18.4. The third-order valence-corrected chi connectivity index (χ3v) is 6.37. The summed E-state index contributed by atoms with van der Waals surface area (Å²) in [7, 11) is 1.67. The minimum Gasteiger partial charge on any atom is -0.444 e. The Morgan fingerprint density at radius 1 is 1.06 bits per heavy atom. The molecule has 2 bridgehead atoms. The van der Waals surface area contributed by atoms with Crippen molar-refractivity contribution in [3.8, 4) is 0 Å². The van der Waals surface area contributed by atoms with Crippen molar-refractivity contribution in [2.24, 2.45) is 5.41 Å². The maximum atomic E-state index is 12.9. The SMILES string of the molecule is CNc1cc(Cl)ncc1C(=O)NNC(=O)C12CCC(NC(=O)OC(C)(C)C)(CC1)CC2. The summed E-state index contributed by atoms with van der Waals surface area (Å²) in [6.45, 7) is 5.49. The monoisotopic (exact) mass is 451 g/mol. The molecule has 3 fully saturated rings. The standard InChI is InChI=1S/C21H30ClN5O4/c1-19(2,3)31-18(30)25-21-8-5-20(6-9-21,7-10-21)17(29)27-26-16(28)13-12-24-15(22)11-14(13)23-4/h11-12H,5-10H2,1-4H3,(H,23,24)(H,25,30)(H,26,28)(H,27,29). The van der Waals surface area contributed by atoms with Gasteiger partial charge in [-0.15, -0.1) is 0 Å². The summed E-state index contributed by atoms with van der Waals surface area (Å²) in [6, 6.07) is 1.54. The second-order valence-corrected chi connectivity index (χ2v) is 9.79. The number of ether oxygens (including phenoxy) is 1. The number of nitrogens with one attached hydrogen (secondary N) is 4. The second-order valence-electron chi connectivity index (χ2n) is 9.40. The predicted molar refractivity (Wildman–Crippen MR) is 117 cm³/mol. The van der Waals surface area contributed by atoms with Crippen LogP contribution in [0.25, 0.3) is 0 Å². The summed E-state index contributed by atoms with van der Waals surface area (Å²) in [6.07, 6.45) is 4.91. The van der Waals surface area contributed by atoms with Crippen molar-refractivity contribution in [3.63, 3.8) is 0 Å². The van der Waals surface area contributed by atoms with Crippen LogP contribution < -0.4 is 21.5 Å². The highest BCUT2D eigenvalue weighted by molar-refractivity contribution is 6.29. The summed E-state index contributed by atoms with van der Waals surface area (Å²) >= 11 is 5.86. The molecule has 1 aromatic rings. The van der Waals surface area contributed by atoms with E-state index < -0.39 is 23.0 Å². The number of halogens is 1. The molecule has 0 unspecified atom stereocenters. The minimum absolute atomic E-state index is 0.209. The molecule has 3 saturated carbocycles. The molecule has 10 heteroatoms. The van der Waals surface area contributed by atoms with E-state index in [0.717, 1.165) is 0 Å². The van der Waals surface area contributed by atoms with Gasteiger partial charge in [0.05, 0.1) is 16.7 Å². The Morgan fingerprint density at radius 3 is 2.23 bits per heavy atom. The second kappa shape index (κ2) is 8.53. The van der Waals surface area contributed by atoms with E-state index in [1.165, 1.54) is 12.3 Å². The number of hydrogen-bond donors (Lipinski definition) is 4. The average molecular weight is 452 g/mol. The van der Waals surface area contributed by atoms with Crippen LogP contribution in [-0.2, 0) is 9.53 Å². The average Bonchev–Trinajstić information content (AvgIpc) is 2.71. The van der Waals surface area contributed by atoms with Crippen LogP contribution in [0.3, 0.4) is 0 Å². The number of aromatic nitrogens is 1. The molecular formula is C21H30ClN5O4. The van der Waals surface area contributed by atoms with E-state index in [-0.39, 0.29) is 22.2 Å². The summed E-state index contributed by atoms with van der Waals surface area (Å²) < 4.78 is 5.40. The number of fused-ring (bicyclic) bond motifs is 3.